The van der Waals surface area contributed by atoms with Gasteiger partial charge in [0, 0.05) is 5.56 Å². The second-order valence-corrected chi connectivity index (χ2v) is 3.65. The van der Waals surface area contributed by atoms with Gasteiger partial charge in [-0.15, -0.1) is 0 Å². The Morgan fingerprint density at radius 3 is 2.41 bits per heavy atom. The number of hydrogen-bond donors (Lipinski definition) is 1. The van der Waals surface area contributed by atoms with Crippen molar-refractivity contribution < 1.29 is 24.6 Å². The van der Waals surface area contributed by atoms with E-state index < -0.39 is 28.9 Å². The van der Waals surface area contributed by atoms with E-state index in [4.69, 9.17) is 5.11 Å². The highest BCUT2D eigenvalue weighted by atomic mass is 16.4. The molecule has 0 atom stereocenters. The number of carbonyl (C=O) groups excluding carboxylic acids is 2. The smallest absolute Gasteiger partial charge is 0.335 e. The summed E-state index contributed by atoms with van der Waals surface area (Å²) in [4.78, 5) is 33.6. The van der Waals surface area contributed by atoms with Crippen molar-refractivity contribution in [3.05, 3.63) is 40.5 Å². The van der Waals surface area contributed by atoms with E-state index in [9.17, 15) is 19.5 Å². The third-order valence-electron chi connectivity index (χ3n) is 2.56. The molecule has 0 radical (unpaired) electrons. The van der Waals surface area contributed by atoms with Crippen molar-refractivity contribution in [2.45, 2.75) is 6.92 Å². The maximum atomic E-state index is 11.8. The maximum absolute atomic E-state index is 11.8. The molecule has 0 saturated heterocycles. The van der Waals surface area contributed by atoms with Crippen molar-refractivity contribution >= 4 is 23.3 Å². The van der Waals surface area contributed by atoms with E-state index in [-0.39, 0.29) is 16.7 Å². The Kier molecular flexibility index (Phi) is 2.31. The van der Waals surface area contributed by atoms with Crippen LogP contribution in [-0.2, 0) is 4.79 Å². The first-order valence-electron chi connectivity index (χ1n) is 4.78. The third kappa shape index (κ3) is 1.52. The average Bonchev–Trinajstić information content (AvgIpc) is 2.51. The molecule has 1 aromatic rings. The van der Waals surface area contributed by atoms with Gasteiger partial charge in [0.2, 0.25) is 0 Å². The van der Waals surface area contributed by atoms with Crippen LogP contribution in [0.25, 0.3) is 5.76 Å². The first-order chi connectivity index (χ1) is 7.93. The molecule has 0 aliphatic heterocycles. The summed E-state index contributed by atoms with van der Waals surface area (Å²) in [5, 5.41) is 20.5. The highest BCUT2D eigenvalue weighted by Gasteiger charge is 2.27. The molecule has 0 unspecified atom stereocenters. The summed E-state index contributed by atoms with van der Waals surface area (Å²) < 4.78 is 0. The Hall–Kier alpha value is -2.43. The van der Waals surface area contributed by atoms with Gasteiger partial charge in [-0.2, -0.15) is 0 Å². The molecule has 0 fully saturated rings. The predicted octanol–water partition coefficient (Wildman–Crippen LogP) is 0.242. The second-order valence-electron chi connectivity index (χ2n) is 3.65. The van der Waals surface area contributed by atoms with Crippen molar-refractivity contribution in [3.8, 4) is 0 Å². The highest BCUT2D eigenvalue weighted by Crippen LogP contribution is 2.30. The van der Waals surface area contributed by atoms with Crippen molar-refractivity contribution in [2.75, 3.05) is 0 Å². The lowest BCUT2D eigenvalue weighted by atomic mass is 10.0. The molecule has 0 heterocycles. The molecule has 1 N–H and O–H groups in total. The first-order valence-corrected chi connectivity index (χ1v) is 4.78. The Balaban J connectivity index is 2.66. The molecule has 86 valence electrons. The quantitative estimate of drug-likeness (QED) is 0.736. The van der Waals surface area contributed by atoms with E-state index in [1.807, 2.05) is 0 Å². The van der Waals surface area contributed by atoms with E-state index >= 15 is 0 Å². The molecule has 1 aliphatic rings. The second kappa shape index (κ2) is 3.55. The van der Waals surface area contributed by atoms with E-state index in [1.54, 1.807) is 0 Å². The van der Waals surface area contributed by atoms with Gasteiger partial charge in [-0.25, -0.2) is 4.79 Å². The van der Waals surface area contributed by atoms with Gasteiger partial charge in [-0.1, -0.05) is 5.76 Å². The molecule has 1 aliphatic carbocycles. The number of hydrogen-bond acceptors (Lipinski definition) is 4. The summed E-state index contributed by atoms with van der Waals surface area (Å²) in [6.07, 6.45) is 0. The zero-order valence-electron chi connectivity index (χ0n) is 8.81. The van der Waals surface area contributed by atoms with E-state index in [0.717, 1.165) is 13.0 Å². The summed E-state index contributed by atoms with van der Waals surface area (Å²) in [6.45, 7) is 1.13. The topological polar surface area (TPSA) is 94.5 Å². The highest BCUT2D eigenvalue weighted by molar-refractivity contribution is 6.33. The number of allylic oxidation sites excluding steroid dienone is 1. The van der Waals surface area contributed by atoms with Crippen molar-refractivity contribution in [3.63, 3.8) is 0 Å². The van der Waals surface area contributed by atoms with Crippen LogP contribution in [0.1, 0.15) is 33.2 Å². The lowest BCUT2D eigenvalue weighted by Gasteiger charge is -2.10. The fourth-order valence-electron chi connectivity index (χ4n) is 1.76. The average molecular weight is 231 g/mol. The Morgan fingerprint density at radius 1 is 1.24 bits per heavy atom. The van der Waals surface area contributed by atoms with E-state index in [1.165, 1.54) is 12.1 Å². The maximum Gasteiger partial charge on any atom is 0.335 e. The van der Waals surface area contributed by atoms with Crippen LogP contribution in [0, 0.1) is 0 Å². The number of benzene rings is 1. The zero-order chi connectivity index (χ0) is 12.7. The SMILES string of the molecule is CC(=O)C1=C([O-])c2cc(C(=O)O)ccc2C1=O. The molecule has 5 nitrogen and oxygen atoms in total. The van der Waals surface area contributed by atoms with Gasteiger partial charge in [-0.05, 0) is 30.7 Å². The van der Waals surface area contributed by atoms with Crippen LogP contribution in [0.2, 0.25) is 0 Å². The van der Waals surface area contributed by atoms with Gasteiger partial charge in [0.25, 0.3) is 0 Å². The van der Waals surface area contributed by atoms with Crippen LogP contribution < -0.4 is 5.11 Å². The van der Waals surface area contributed by atoms with Crippen LogP contribution in [-0.4, -0.2) is 22.6 Å². The minimum Gasteiger partial charge on any atom is -0.871 e. The summed E-state index contributed by atoms with van der Waals surface area (Å²) in [6, 6.07) is 3.61. The van der Waals surface area contributed by atoms with Gasteiger partial charge in [0.05, 0.1) is 11.1 Å². The van der Waals surface area contributed by atoms with Gasteiger partial charge in [-0.3, -0.25) is 9.59 Å². The summed E-state index contributed by atoms with van der Waals surface area (Å²) >= 11 is 0. The van der Waals surface area contributed by atoms with E-state index in [0.29, 0.717) is 0 Å². The Bertz CT molecular complexity index is 595. The van der Waals surface area contributed by atoms with Crippen LogP contribution in [0.4, 0.5) is 0 Å². The van der Waals surface area contributed by atoms with Crippen LogP contribution in [0.3, 0.4) is 0 Å². The molecular weight excluding hydrogens is 224 g/mol. The fraction of sp³-hybridized carbons (Fsp3) is 0.0833. The molecule has 0 amide bonds. The number of fused-ring (bicyclic) bond motifs is 1. The van der Waals surface area contributed by atoms with Crippen LogP contribution in [0.5, 0.6) is 0 Å². The molecule has 0 spiro atoms. The van der Waals surface area contributed by atoms with Gasteiger partial charge >= 0.3 is 5.97 Å². The standard InChI is InChI=1S/C12H8O5/c1-5(13)9-10(14)7-3-2-6(12(16)17)4-8(7)11(9)15/h2-4,15H,1H3,(H,16,17)/p-1. The molecule has 0 aromatic heterocycles. The largest absolute Gasteiger partial charge is 0.871 e. The normalized spacial score (nSPS) is 13.8. The molecule has 0 saturated carbocycles. The van der Waals surface area contributed by atoms with Gasteiger partial charge in [0.15, 0.2) is 11.6 Å². The summed E-state index contributed by atoms with van der Waals surface area (Å²) in [7, 11) is 0. The number of Topliss-reactive ketones (excluding diaryl/α,β-unsaturated/α-hetero) is 2. The van der Waals surface area contributed by atoms with Crippen molar-refractivity contribution in [2.24, 2.45) is 0 Å². The number of rotatable bonds is 2. The number of ketones is 2. The van der Waals surface area contributed by atoms with Gasteiger partial charge < -0.3 is 10.2 Å². The summed E-state index contributed by atoms with van der Waals surface area (Å²) in [5.74, 6) is -3.12. The number of carboxylic acids is 1. The number of aromatic carboxylic acids is 1. The Labute approximate surface area is 96.0 Å². The third-order valence-corrected chi connectivity index (χ3v) is 2.56. The summed E-state index contributed by atoms with van der Waals surface area (Å²) in [5.41, 5.74) is -0.414. The van der Waals surface area contributed by atoms with Crippen molar-refractivity contribution in [1.82, 2.24) is 0 Å². The molecule has 17 heavy (non-hydrogen) atoms. The monoisotopic (exact) mass is 231 g/mol. The van der Waals surface area contributed by atoms with E-state index in [2.05, 4.69) is 0 Å². The lowest BCUT2D eigenvalue weighted by Crippen LogP contribution is -2.10. The molecule has 0 bridgehead atoms. The van der Waals surface area contributed by atoms with Crippen molar-refractivity contribution in [1.29, 1.82) is 0 Å². The minimum atomic E-state index is -1.19. The minimum absolute atomic E-state index is 0.0138. The lowest BCUT2D eigenvalue weighted by molar-refractivity contribution is -0.244. The molecular formula is C12H7O5-. The Morgan fingerprint density at radius 2 is 1.88 bits per heavy atom. The predicted molar refractivity (Wildman–Crippen MR) is 55.3 cm³/mol. The zero-order valence-corrected chi connectivity index (χ0v) is 8.81. The molecule has 1 aromatic carbocycles. The fourth-order valence-corrected chi connectivity index (χ4v) is 1.76. The molecule has 5 heteroatoms. The number of carboxylic acid groups (broad SMARTS) is 1. The van der Waals surface area contributed by atoms with Gasteiger partial charge in [0.1, 0.15) is 0 Å². The number of carbonyl (C=O) groups is 3. The van der Waals surface area contributed by atoms with Crippen LogP contribution >= 0.6 is 0 Å². The van der Waals surface area contributed by atoms with Crippen LogP contribution in [0.15, 0.2) is 23.8 Å². The first kappa shape index (κ1) is 11.1. The molecule has 2 rings (SSSR count).